The lowest BCUT2D eigenvalue weighted by Gasteiger charge is -2.19. The van der Waals surface area contributed by atoms with Crippen molar-refractivity contribution < 1.29 is 28.2 Å². The summed E-state index contributed by atoms with van der Waals surface area (Å²) in [6.07, 6.45) is 1.19. The maximum atomic E-state index is 12.6. The Kier molecular flexibility index (Phi) is 8.40. The van der Waals surface area contributed by atoms with E-state index in [0.29, 0.717) is 41.7 Å². The first-order valence-electron chi connectivity index (χ1n) is 10.5. The molecule has 0 spiro atoms. The van der Waals surface area contributed by atoms with E-state index in [1.165, 1.54) is 21.3 Å². The first-order valence-corrected chi connectivity index (χ1v) is 10.5. The second-order valence-electron chi connectivity index (χ2n) is 7.24. The fourth-order valence-corrected chi connectivity index (χ4v) is 3.29. The zero-order valence-electron chi connectivity index (χ0n) is 18.9. The summed E-state index contributed by atoms with van der Waals surface area (Å²) in [6.45, 7) is 0. The highest BCUT2D eigenvalue weighted by molar-refractivity contribution is 5.78. The Hall–Kier alpha value is -3.88. The van der Waals surface area contributed by atoms with Gasteiger partial charge in [-0.1, -0.05) is 24.3 Å². The Balaban J connectivity index is 1.59. The number of hydrogen-bond acceptors (Lipinski definition) is 8. The summed E-state index contributed by atoms with van der Waals surface area (Å²) in [6, 6.07) is 14.1. The quantitative estimate of drug-likeness (QED) is 0.439. The Bertz CT molecular complexity index is 1070. The zero-order chi connectivity index (χ0) is 23.6. The van der Waals surface area contributed by atoms with Gasteiger partial charge in [-0.15, -0.1) is 10.2 Å². The number of aryl methyl sites for hydroxylation is 1. The molecule has 0 saturated heterocycles. The van der Waals surface area contributed by atoms with Gasteiger partial charge in [0.25, 0.3) is 0 Å². The molecule has 1 atom stereocenters. The number of ether oxygens (including phenoxy) is 3. The molecule has 0 radical (unpaired) electrons. The van der Waals surface area contributed by atoms with Crippen molar-refractivity contribution in [2.45, 2.75) is 31.7 Å². The van der Waals surface area contributed by atoms with Gasteiger partial charge in [-0.05, 0) is 36.2 Å². The molecule has 0 fully saturated rings. The van der Waals surface area contributed by atoms with Crippen molar-refractivity contribution in [1.29, 1.82) is 0 Å². The van der Waals surface area contributed by atoms with Gasteiger partial charge in [0.1, 0.15) is 0 Å². The predicted octanol–water partition coefficient (Wildman–Crippen LogP) is 3.50. The molecule has 0 saturated carbocycles. The molecule has 174 valence electrons. The maximum Gasteiger partial charge on any atom is 0.307 e. The maximum absolute atomic E-state index is 12.6. The molecule has 1 N–H and O–H groups in total. The smallest absolute Gasteiger partial charge is 0.307 e. The normalized spacial score (nSPS) is 11.5. The number of methoxy groups -OCH3 is 3. The van der Waals surface area contributed by atoms with Crippen LogP contribution in [0.25, 0.3) is 11.5 Å². The van der Waals surface area contributed by atoms with Crippen LogP contribution in [0.4, 0.5) is 0 Å². The van der Waals surface area contributed by atoms with E-state index in [9.17, 15) is 9.59 Å². The van der Waals surface area contributed by atoms with E-state index in [0.717, 1.165) is 5.56 Å². The van der Waals surface area contributed by atoms with Crippen LogP contribution >= 0.6 is 0 Å². The molecule has 1 aromatic heterocycles. The van der Waals surface area contributed by atoms with Crippen molar-refractivity contribution in [2.24, 2.45) is 0 Å². The molecule has 0 aliphatic carbocycles. The molecule has 9 nitrogen and oxygen atoms in total. The average molecular weight is 453 g/mol. The molecular weight excluding hydrogens is 426 g/mol. The van der Waals surface area contributed by atoms with Crippen molar-refractivity contribution in [2.75, 3.05) is 21.3 Å². The third-order valence-corrected chi connectivity index (χ3v) is 5.03. The van der Waals surface area contributed by atoms with Crippen molar-refractivity contribution in [1.82, 2.24) is 15.5 Å². The fourth-order valence-electron chi connectivity index (χ4n) is 3.29. The monoisotopic (exact) mass is 453 g/mol. The zero-order valence-corrected chi connectivity index (χ0v) is 18.9. The Morgan fingerprint density at radius 2 is 1.76 bits per heavy atom. The number of nitrogens with one attached hydrogen (secondary N) is 1. The topological polar surface area (TPSA) is 113 Å². The van der Waals surface area contributed by atoms with Crippen LogP contribution in [0, 0.1) is 0 Å². The number of nitrogens with zero attached hydrogens (tertiary/aromatic N) is 2. The molecular formula is C24H27N3O6. The summed E-state index contributed by atoms with van der Waals surface area (Å²) in [5.41, 5.74) is 1.55. The lowest BCUT2D eigenvalue weighted by Crippen LogP contribution is -2.30. The summed E-state index contributed by atoms with van der Waals surface area (Å²) in [5, 5.41) is 11.0. The number of benzene rings is 2. The Morgan fingerprint density at radius 3 is 2.45 bits per heavy atom. The minimum absolute atomic E-state index is 0.0121. The van der Waals surface area contributed by atoms with E-state index < -0.39 is 12.0 Å². The molecule has 33 heavy (non-hydrogen) atoms. The van der Waals surface area contributed by atoms with E-state index >= 15 is 0 Å². The fraction of sp³-hybridized carbons (Fsp3) is 0.333. The van der Waals surface area contributed by atoms with Crippen molar-refractivity contribution >= 4 is 11.9 Å². The second-order valence-corrected chi connectivity index (χ2v) is 7.24. The largest absolute Gasteiger partial charge is 0.493 e. The van der Waals surface area contributed by atoms with Gasteiger partial charge in [-0.25, -0.2) is 0 Å². The molecule has 3 rings (SSSR count). The van der Waals surface area contributed by atoms with Gasteiger partial charge in [-0.3, -0.25) is 9.59 Å². The molecule has 0 aliphatic rings. The van der Waals surface area contributed by atoms with Crippen LogP contribution in [0.2, 0.25) is 0 Å². The summed E-state index contributed by atoms with van der Waals surface area (Å²) < 4.78 is 21.1. The molecule has 0 aliphatic heterocycles. The molecule has 1 amide bonds. The molecule has 0 bridgehead atoms. The molecule has 1 heterocycles. The summed E-state index contributed by atoms with van der Waals surface area (Å²) >= 11 is 0. The molecule has 2 aromatic carbocycles. The van der Waals surface area contributed by atoms with Crippen LogP contribution < -0.4 is 14.8 Å². The van der Waals surface area contributed by atoms with Crippen LogP contribution in [0.15, 0.2) is 52.9 Å². The minimum Gasteiger partial charge on any atom is -0.493 e. The summed E-state index contributed by atoms with van der Waals surface area (Å²) in [4.78, 5) is 24.5. The summed E-state index contributed by atoms with van der Waals surface area (Å²) in [5.74, 6) is 1.33. The van der Waals surface area contributed by atoms with Crippen LogP contribution in [0.5, 0.6) is 11.5 Å². The van der Waals surface area contributed by atoms with Crippen LogP contribution in [0.1, 0.15) is 36.8 Å². The van der Waals surface area contributed by atoms with Gasteiger partial charge >= 0.3 is 5.97 Å². The first-order chi connectivity index (χ1) is 16.0. The number of rotatable bonds is 11. The van der Waals surface area contributed by atoms with Crippen molar-refractivity contribution in [3.63, 3.8) is 0 Å². The lowest BCUT2D eigenvalue weighted by atomic mass is 10.0. The molecule has 1 unspecified atom stereocenters. The van der Waals surface area contributed by atoms with Gasteiger partial charge in [-0.2, -0.15) is 0 Å². The van der Waals surface area contributed by atoms with Crippen LogP contribution in [-0.4, -0.2) is 43.4 Å². The molecule has 9 heteroatoms. The van der Waals surface area contributed by atoms with E-state index in [1.54, 1.807) is 18.2 Å². The van der Waals surface area contributed by atoms with Gasteiger partial charge in [0.2, 0.25) is 17.7 Å². The number of hydrogen-bond donors (Lipinski definition) is 1. The van der Waals surface area contributed by atoms with Crippen molar-refractivity contribution in [3.8, 4) is 23.0 Å². The lowest BCUT2D eigenvalue weighted by molar-refractivity contribution is -0.141. The van der Waals surface area contributed by atoms with Crippen molar-refractivity contribution in [3.05, 3.63) is 60.0 Å². The Morgan fingerprint density at radius 1 is 1.00 bits per heavy atom. The van der Waals surface area contributed by atoms with Crippen LogP contribution in [0.3, 0.4) is 0 Å². The number of amides is 1. The van der Waals surface area contributed by atoms with Gasteiger partial charge in [0.05, 0.1) is 33.8 Å². The second kappa shape index (κ2) is 11.7. The first kappa shape index (κ1) is 23.8. The highest BCUT2D eigenvalue weighted by Gasteiger charge is 2.21. The van der Waals surface area contributed by atoms with E-state index in [4.69, 9.17) is 18.6 Å². The third-order valence-electron chi connectivity index (χ3n) is 5.03. The van der Waals surface area contributed by atoms with Gasteiger partial charge < -0.3 is 23.9 Å². The predicted molar refractivity (Wildman–Crippen MR) is 120 cm³/mol. The Labute approximate surface area is 192 Å². The van der Waals surface area contributed by atoms with Gasteiger partial charge in [0.15, 0.2) is 11.5 Å². The van der Waals surface area contributed by atoms with Crippen LogP contribution in [-0.2, 0) is 20.7 Å². The SMILES string of the molecule is COC(=O)CC(NC(=O)CCCc1nnc(-c2ccccc2)o1)c1ccc(OC)c(OC)c1. The molecule has 3 aromatic rings. The van der Waals surface area contributed by atoms with E-state index in [-0.39, 0.29) is 18.7 Å². The number of esters is 1. The van der Waals surface area contributed by atoms with Gasteiger partial charge in [0, 0.05) is 18.4 Å². The number of carbonyl (C=O) groups excluding carboxylic acids is 2. The highest BCUT2D eigenvalue weighted by atomic mass is 16.5. The standard InChI is InChI=1S/C24H27N3O6/c1-30-19-13-12-17(14-20(19)31-2)18(15-23(29)32-3)25-21(28)10-7-11-22-26-27-24(33-22)16-8-5-4-6-9-16/h4-6,8-9,12-14,18H,7,10-11,15H2,1-3H3,(H,25,28). The highest BCUT2D eigenvalue weighted by Crippen LogP contribution is 2.31. The number of carbonyl (C=O) groups is 2. The minimum atomic E-state index is -0.571. The third kappa shape index (κ3) is 6.55. The van der Waals surface area contributed by atoms with E-state index in [1.807, 2.05) is 30.3 Å². The number of aromatic nitrogens is 2. The van der Waals surface area contributed by atoms with E-state index in [2.05, 4.69) is 15.5 Å². The summed E-state index contributed by atoms with van der Waals surface area (Å²) in [7, 11) is 4.37. The average Bonchev–Trinajstić information content (AvgIpc) is 3.32.